The Morgan fingerprint density at radius 1 is 1.09 bits per heavy atom. The van der Waals surface area contributed by atoms with Crippen LogP contribution in [0.3, 0.4) is 0 Å². The number of methoxy groups -OCH3 is 1. The summed E-state index contributed by atoms with van der Waals surface area (Å²) in [5, 5.41) is 5.35. The molecule has 3 aromatic rings. The van der Waals surface area contributed by atoms with Gasteiger partial charge in [0.25, 0.3) is 5.91 Å². The van der Waals surface area contributed by atoms with Gasteiger partial charge in [-0.1, -0.05) is 12.1 Å². The van der Waals surface area contributed by atoms with Gasteiger partial charge in [-0.3, -0.25) is 14.4 Å². The fourth-order valence-corrected chi connectivity index (χ4v) is 4.52. The first kappa shape index (κ1) is 22.3. The Balaban J connectivity index is 1.31. The number of piperazine rings is 1. The number of aromatic nitrogens is 2. The summed E-state index contributed by atoms with van der Waals surface area (Å²) in [7, 11) is 1.65. The molecule has 1 aliphatic rings. The maximum Gasteiger partial charge on any atom is 0.435 e. The molecule has 6 nitrogen and oxygen atoms in total. The highest BCUT2D eigenvalue weighted by molar-refractivity contribution is 7.12. The molecule has 4 rings (SSSR count). The monoisotopic (exact) mass is 464 g/mol. The number of thiophene rings is 1. The van der Waals surface area contributed by atoms with Crippen LogP contribution < -0.4 is 4.74 Å². The number of carbonyl (C=O) groups is 1. The van der Waals surface area contributed by atoms with E-state index in [9.17, 15) is 18.0 Å². The summed E-state index contributed by atoms with van der Waals surface area (Å²) in [6.45, 7) is 3.79. The van der Waals surface area contributed by atoms with Gasteiger partial charge in [-0.15, -0.1) is 11.3 Å². The molecule has 0 N–H and O–H groups in total. The second kappa shape index (κ2) is 9.33. The van der Waals surface area contributed by atoms with Crippen molar-refractivity contribution in [3.05, 3.63) is 69.7 Å². The maximum absolute atomic E-state index is 12.9. The smallest absolute Gasteiger partial charge is 0.435 e. The SMILES string of the molecule is COc1cccc(CN2CCN(C(=O)c3cc(Cn4ccc(C(F)(F)F)n4)cs3)CC2)c1. The molecule has 0 radical (unpaired) electrons. The van der Waals surface area contributed by atoms with Crippen molar-refractivity contribution in [2.75, 3.05) is 33.3 Å². The van der Waals surface area contributed by atoms with E-state index in [1.165, 1.54) is 27.8 Å². The van der Waals surface area contributed by atoms with E-state index in [1.54, 1.807) is 18.6 Å². The molecule has 2 aromatic heterocycles. The molecule has 1 aromatic carbocycles. The summed E-state index contributed by atoms with van der Waals surface area (Å²) in [5.41, 5.74) is 1.00. The van der Waals surface area contributed by atoms with E-state index >= 15 is 0 Å². The number of carbonyl (C=O) groups excluding carboxylic acids is 1. The molecule has 0 spiro atoms. The number of nitrogens with zero attached hydrogens (tertiary/aromatic N) is 4. The topological polar surface area (TPSA) is 50.6 Å². The molecule has 0 bridgehead atoms. The number of hydrogen-bond donors (Lipinski definition) is 0. The number of rotatable bonds is 6. The molecule has 1 aliphatic heterocycles. The molecule has 10 heteroatoms. The molecule has 0 saturated carbocycles. The lowest BCUT2D eigenvalue weighted by Crippen LogP contribution is -2.48. The summed E-state index contributed by atoms with van der Waals surface area (Å²) in [4.78, 5) is 17.6. The highest BCUT2D eigenvalue weighted by atomic mass is 32.1. The normalized spacial score (nSPS) is 15.2. The number of halogens is 3. The Bertz CT molecular complexity index is 1070. The zero-order chi connectivity index (χ0) is 22.7. The van der Waals surface area contributed by atoms with Crippen molar-refractivity contribution in [2.24, 2.45) is 0 Å². The largest absolute Gasteiger partial charge is 0.497 e. The van der Waals surface area contributed by atoms with Crippen LogP contribution in [-0.4, -0.2) is 58.8 Å². The minimum absolute atomic E-state index is 0.0428. The molecule has 1 amide bonds. The standard InChI is InChI=1S/C22H23F3N4O2S/c1-31-18-4-2-3-16(11-18)13-27-7-9-28(10-8-27)21(30)19-12-17(15-32-19)14-29-6-5-20(26-29)22(23,24)25/h2-6,11-12,15H,7-10,13-14H2,1H3. The van der Waals surface area contributed by atoms with Crippen LogP contribution in [-0.2, 0) is 19.3 Å². The van der Waals surface area contributed by atoms with Crippen molar-refractivity contribution in [1.29, 1.82) is 0 Å². The zero-order valence-electron chi connectivity index (χ0n) is 17.5. The van der Waals surface area contributed by atoms with Crippen LogP contribution in [0.5, 0.6) is 5.75 Å². The van der Waals surface area contributed by atoms with Gasteiger partial charge in [-0.05, 0) is 40.8 Å². The van der Waals surface area contributed by atoms with E-state index in [0.29, 0.717) is 18.0 Å². The van der Waals surface area contributed by atoms with E-state index in [1.807, 2.05) is 23.1 Å². The van der Waals surface area contributed by atoms with Gasteiger partial charge < -0.3 is 9.64 Å². The lowest BCUT2D eigenvalue weighted by atomic mass is 10.2. The number of alkyl halides is 3. The lowest BCUT2D eigenvalue weighted by Gasteiger charge is -2.34. The Kier molecular flexibility index (Phi) is 6.52. The summed E-state index contributed by atoms with van der Waals surface area (Å²) >= 11 is 1.31. The van der Waals surface area contributed by atoms with Crippen molar-refractivity contribution in [2.45, 2.75) is 19.3 Å². The average molecular weight is 465 g/mol. The van der Waals surface area contributed by atoms with Gasteiger partial charge in [0.15, 0.2) is 5.69 Å². The summed E-state index contributed by atoms with van der Waals surface area (Å²) in [5.74, 6) is 0.785. The fourth-order valence-electron chi connectivity index (χ4n) is 3.65. The number of benzene rings is 1. The van der Waals surface area contributed by atoms with E-state index in [-0.39, 0.29) is 12.5 Å². The van der Waals surface area contributed by atoms with Crippen LogP contribution in [0.1, 0.15) is 26.5 Å². The summed E-state index contributed by atoms with van der Waals surface area (Å²) in [6.07, 6.45) is -3.17. The minimum atomic E-state index is -4.46. The molecule has 1 saturated heterocycles. The third-order valence-corrected chi connectivity index (χ3v) is 6.31. The maximum atomic E-state index is 12.9. The second-order valence-electron chi connectivity index (χ2n) is 7.64. The number of ether oxygens (including phenoxy) is 1. The van der Waals surface area contributed by atoms with Crippen LogP contribution >= 0.6 is 11.3 Å². The molecule has 3 heterocycles. The highest BCUT2D eigenvalue weighted by Crippen LogP contribution is 2.27. The van der Waals surface area contributed by atoms with Crippen molar-refractivity contribution in [3.63, 3.8) is 0 Å². The predicted octanol–water partition coefficient (Wildman–Crippen LogP) is 3.98. The molecule has 0 aliphatic carbocycles. The lowest BCUT2D eigenvalue weighted by molar-refractivity contribution is -0.141. The van der Waals surface area contributed by atoms with Crippen LogP contribution in [0, 0.1) is 0 Å². The van der Waals surface area contributed by atoms with E-state index in [4.69, 9.17) is 4.74 Å². The van der Waals surface area contributed by atoms with Gasteiger partial charge in [-0.25, -0.2) is 0 Å². The Hall–Kier alpha value is -2.85. The molecular weight excluding hydrogens is 441 g/mol. The zero-order valence-corrected chi connectivity index (χ0v) is 18.3. The van der Waals surface area contributed by atoms with E-state index in [2.05, 4.69) is 16.1 Å². The first-order valence-electron chi connectivity index (χ1n) is 10.1. The van der Waals surface area contributed by atoms with Crippen molar-refractivity contribution < 1.29 is 22.7 Å². The van der Waals surface area contributed by atoms with E-state index in [0.717, 1.165) is 37.0 Å². The number of hydrogen-bond acceptors (Lipinski definition) is 5. The van der Waals surface area contributed by atoms with Gasteiger partial charge in [0, 0.05) is 38.9 Å². The average Bonchev–Trinajstić information content (AvgIpc) is 3.44. The first-order chi connectivity index (χ1) is 15.3. The Morgan fingerprint density at radius 3 is 2.56 bits per heavy atom. The predicted molar refractivity (Wildman–Crippen MR) is 115 cm³/mol. The summed E-state index contributed by atoms with van der Waals surface area (Å²) < 4.78 is 44.6. The highest BCUT2D eigenvalue weighted by Gasteiger charge is 2.33. The molecule has 1 fully saturated rings. The van der Waals surface area contributed by atoms with Gasteiger partial charge in [0.2, 0.25) is 0 Å². The van der Waals surface area contributed by atoms with Crippen LogP contribution in [0.25, 0.3) is 0 Å². The molecule has 32 heavy (non-hydrogen) atoms. The molecule has 170 valence electrons. The van der Waals surface area contributed by atoms with Crippen LogP contribution in [0.15, 0.2) is 48.0 Å². The fraction of sp³-hybridized carbons (Fsp3) is 0.364. The Morgan fingerprint density at radius 2 is 1.88 bits per heavy atom. The quantitative estimate of drug-likeness (QED) is 0.554. The van der Waals surface area contributed by atoms with Gasteiger partial charge in [-0.2, -0.15) is 18.3 Å². The van der Waals surface area contributed by atoms with Gasteiger partial charge in [0.05, 0.1) is 18.5 Å². The minimum Gasteiger partial charge on any atom is -0.497 e. The van der Waals surface area contributed by atoms with Crippen molar-refractivity contribution >= 4 is 17.2 Å². The van der Waals surface area contributed by atoms with E-state index < -0.39 is 11.9 Å². The first-order valence-corrected chi connectivity index (χ1v) is 11.0. The summed E-state index contributed by atoms with van der Waals surface area (Å²) in [6, 6.07) is 10.6. The third-order valence-electron chi connectivity index (χ3n) is 5.34. The third kappa shape index (κ3) is 5.31. The van der Waals surface area contributed by atoms with Gasteiger partial charge in [0.1, 0.15) is 5.75 Å². The van der Waals surface area contributed by atoms with Crippen LogP contribution in [0.2, 0.25) is 0 Å². The van der Waals surface area contributed by atoms with Crippen molar-refractivity contribution in [3.8, 4) is 5.75 Å². The van der Waals surface area contributed by atoms with Gasteiger partial charge >= 0.3 is 6.18 Å². The van der Waals surface area contributed by atoms with Crippen molar-refractivity contribution in [1.82, 2.24) is 19.6 Å². The molecule has 0 unspecified atom stereocenters. The van der Waals surface area contributed by atoms with Crippen LogP contribution in [0.4, 0.5) is 13.2 Å². The Labute approximate surface area is 187 Å². The molecule has 0 atom stereocenters. The molecular formula is C22H23F3N4O2S. The number of amides is 1. The second-order valence-corrected chi connectivity index (χ2v) is 8.55.